The van der Waals surface area contributed by atoms with Gasteiger partial charge in [-0.05, 0) is 40.2 Å². The molecule has 0 saturated carbocycles. The molecule has 1 aromatic carbocycles. The lowest BCUT2D eigenvalue weighted by Crippen LogP contribution is -2.24. The number of hydrogen-bond acceptors (Lipinski definition) is 5. The number of aliphatic imine (C=N–C) groups is 1. The smallest absolute Gasteiger partial charge is 0.222 e. The Hall–Kier alpha value is -2.73. The van der Waals surface area contributed by atoms with E-state index in [4.69, 9.17) is 9.52 Å². The van der Waals surface area contributed by atoms with Crippen LogP contribution in [0.1, 0.15) is 58.0 Å². The van der Waals surface area contributed by atoms with Gasteiger partial charge in [-0.3, -0.25) is 9.79 Å². The van der Waals surface area contributed by atoms with Gasteiger partial charge in [0.25, 0.3) is 0 Å². The van der Waals surface area contributed by atoms with Crippen LogP contribution >= 0.6 is 11.3 Å². The van der Waals surface area contributed by atoms with Gasteiger partial charge >= 0.3 is 0 Å². The maximum Gasteiger partial charge on any atom is 0.222 e. The fourth-order valence-corrected chi connectivity index (χ4v) is 5.04. The Balaban J connectivity index is 1.96. The molecule has 29 heavy (non-hydrogen) atoms. The van der Waals surface area contributed by atoms with E-state index in [2.05, 4.69) is 55.5 Å². The maximum absolute atomic E-state index is 12.4. The van der Waals surface area contributed by atoms with Gasteiger partial charge in [-0.2, -0.15) is 0 Å². The number of nitrogens with zero attached hydrogens (tertiary/aromatic N) is 2. The number of carbonyl (C=O) groups is 1. The van der Waals surface area contributed by atoms with E-state index in [9.17, 15) is 4.79 Å². The van der Waals surface area contributed by atoms with Crippen LogP contribution in [0.25, 0.3) is 10.4 Å². The third-order valence-electron chi connectivity index (χ3n) is 5.40. The van der Waals surface area contributed by atoms with E-state index in [1.807, 2.05) is 13.8 Å². The third kappa shape index (κ3) is 3.42. The molecule has 2 aromatic heterocycles. The van der Waals surface area contributed by atoms with Crippen LogP contribution in [0.2, 0.25) is 0 Å². The normalized spacial score (nSPS) is 15.3. The number of amides is 1. The molecule has 150 valence electrons. The molecule has 0 fully saturated rings. The molecule has 1 atom stereocenters. The van der Waals surface area contributed by atoms with E-state index in [0.717, 1.165) is 33.0 Å². The lowest BCUT2D eigenvalue weighted by Gasteiger charge is -2.12. The minimum absolute atomic E-state index is 0.0392. The van der Waals surface area contributed by atoms with Crippen molar-refractivity contribution in [3.63, 3.8) is 0 Å². The third-order valence-corrected chi connectivity index (χ3v) is 6.63. The predicted molar refractivity (Wildman–Crippen MR) is 117 cm³/mol. The average Bonchev–Trinajstić information content (AvgIpc) is 3.15. The Morgan fingerprint density at radius 3 is 2.55 bits per heavy atom. The lowest BCUT2D eigenvalue weighted by atomic mass is 9.96. The highest BCUT2D eigenvalue weighted by atomic mass is 32.1. The largest absolute Gasteiger partial charge is 0.358 e. The molecule has 0 radical (unpaired) electrons. The second-order valence-electron chi connectivity index (χ2n) is 7.51. The minimum atomic E-state index is -0.409. The molecule has 1 aliphatic heterocycles. The summed E-state index contributed by atoms with van der Waals surface area (Å²) in [4.78, 5) is 19.9. The summed E-state index contributed by atoms with van der Waals surface area (Å²) >= 11 is 1.74. The standard InChI is InChI=1S/C23H25N3O2S/c1-6-24-18(27)11-17-22-20(14(4)26-28-22)23-19(13(3)15(5)29-23)21(25-17)16-9-7-12(2)8-10-16/h7-10,17H,6,11H2,1-5H3,(H,24,27)/t17-/m1/s1. The molecule has 0 bridgehead atoms. The van der Waals surface area contributed by atoms with Crippen LogP contribution in [0.5, 0.6) is 0 Å². The molecule has 6 heteroatoms. The Morgan fingerprint density at radius 2 is 1.86 bits per heavy atom. The molecule has 1 aliphatic rings. The van der Waals surface area contributed by atoms with Crippen molar-refractivity contribution in [3.05, 3.63) is 62.9 Å². The van der Waals surface area contributed by atoms with Crippen molar-refractivity contribution < 1.29 is 9.32 Å². The highest BCUT2D eigenvalue weighted by molar-refractivity contribution is 7.16. The highest BCUT2D eigenvalue weighted by Crippen LogP contribution is 2.46. The second-order valence-corrected chi connectivity index (χ2v) is 8.74. The molecule has 1 amide bonds. The van der Waals surface area contributed by atoms with E-state index >= 15 is 0 Å². The van der Waals surface area contributed by atoms with Crippen LogP contribution in [0.15, 0.2) is 33.8 Å². The van der Waals surface area contributed by atoms with Gasteiger partial charge in [-0.15, -0.1) is 11.3 Å². The Morgan fingerprint density at radius 1 is 1.14 bits per heavy atom. The van der Waals surface area contributed by atoms with Crippen LogP contribution in [0, 0.1) is 27.7 Å². The van der Waals surface area contributed by atoms with Gasteiger partial charge in [0.1, 0.15) is 6.04 Å². The SMILES string of the molecule is CCNC(=O)C[C@H]1N=C(c2ccc(C)cc2)c2c(sc(C)c2C)-c2c(C)noc21. The van der Waals surface area contributed by atoms with Crippen molar-refractivity contribution >= 4 is 23.0 Å². The monoisotopic (exact) mass is 407 g/mol. The molecule has 0 unspecified atom stereocenters. The van der Waals surface area contributed by atoms with Crippen LogP contribution in [-0.4, -0.2) is 23.3 Å². The molecule has 5 nitrogen and oxygen atoms in total. The van der Waals surface area contributed by atoms with Crippen molar-refractivity contribution in [2.45, 2.75) is 47.1 Å². The molecule has 3 heterocycles. The Bertz CT molecular complexity index is 1110. The van der Waals surface area contributed by atoms with E-state index < -0.39 is 6.04 Å². The van der Waals surface area contributed by atoms with Gasteiger partial charge in [0.15, 0.2) is 5.76 Å². The van der Waals surface area contributed by atoms with Gasteiger partial charge in [0.05, 0.1) is 23.4 Å². The second kappa shape index (κ2) is 7.59. The van der Waals surface area contributed by atoms with Gasteiger partial charge in [-0.25, -0.2) is 0 Å². The van der Waals surface area contributed by atoms with E-state index in [1.54, 1.807) is 11.3 Å². The molecule has 0 aliphatic carbocycles. The van der Waals surface area contributed by atoms with Crippen molar-refractivity contribution in [3.8, 4) is 10.4 Å². The van der Waals surface area contributed by atoms with Crippen LogP contribution in [0.3, 0.4) is 0 Å². The summed E-state index contributed by atoms with van der Waals surface area (Å²) in [5.74, 6) is 0.640. The van der Waals surface area contributed by atoms with Crippen LogP contribution < -0.4 is 5.32 Å². The van der Waals surface area contributed by atoms with Gasteiger partial charge in [0, 0.05) is 27.4 Å². The first-order chi connectivity index (χ1) is 13.9. The van der Waals surface area contributed by atoms with E-state index in [-0.39, 0.29) is 12.3 Å². The summed E-state index contributed by atoms with van der Waals surface area (Å²) in [6, 6.07) is 7.99. The zero-order valence-corrected chi connectivity index (χ0v) is 18.2. The molecule has 3 aromatic rings. The first kappa shape index (κ1) is 19.6. The number of fused-ring (bicyclic) bond motifs is 3. The average molecular weight is 408 g/mol. The summed E-state index contributed by atoms with van der Waals surface area (Å²) in [5, 5.41) is 7.10. The summed E-state index contributed by atoms with van der Waals surface area (Å²) < 4.78 is 5.74. The molecule has 1 N–H and O–H groups in total. The van der Waals surface area contributed by atoms with Gasteiger partial charge in [-0.1, -0.05) is 35.0 Å². The number of benzene rings is 1. The topological polar surface area (TPSA) is 67.5 Å². The molecule has 4 rings (SSSR count). The van der Waals surface area contributed by atoms with Crippen molar-refractivity contribution in [2.75, 3.05) is 6.54 Å². The van der Waals surface area contributed by atoms with Crippen LogP contribution in [-0.2, 0) is 4.79 Å². The molecule has 0 saturated heterocycles. The first-order valence-corrected chi connectivity index (χ1v) is 10.7. The summed E-state index contributed by atoms with van der Waals surface area (Å²) in [6.45, 7) is 10.8. The molecule has 0 spiro atoms. The van der Waals surface area contributed by atoms with Crippen molar-refractivity contribution in [1.29, 1.82) is 0 Å². The van der Waals surface area contributed by atoms with Gasteiger partial charge in [0.2, 0.25) is 5.91 Å². The fraction of sp³-hybridized carbons (Fsp3) is 0.348. The number of hydrogen-bond donors (Lipinski definition) is 1. The number of thiophene rings is 1. The predicted octanol–water partition coefficient (Wildman–Crippen LogP) is 5.06. The van der Waals surface area contributed by atoms with E-state index in [1.165, 1.54) is 16.0 Å². The van der Waals surface area contributed by atoms with Crippen LogP contribution in [0.4, 0.5) is 0 Å². The van der Waals surface area contributed by atoms with Crippen molar-refractivity contribution in [1.82, 2.24) is 10.5 Å². The number of rotatable bonds is 4. The number of aromatic nitrogens is 1. The first-order valence-electron chi connectivity index (χ1n) is 9.89. The molecular formula is C23H25N3O2S. The number of carbonyl (C=O) groups excluding carboxylic acids is 1. The van der Waals surface area contributed by atoms with Crippen molar-refractivity contribution in [2.24, 2.45) is 4.99 Å². The number of nitrogens with one attached hydrogen (secondary N) is 1. The number of aryl methyl sites for hydroxylation is 3. The van der Waals surface area contributed by atoms with E-state index in [0.29, 0.717) is 12.3 Å². The van der Waals surface area contributed by atoms with Gasteiger partial charge < -0.3 is 9.84 Å². The molecular weight excluding hydrogens is 382 g/mol. The minimum Gasteiger partial charge on any atom is -0.358 e. The fourth-order valence-electron chi connectivity index (χ4n) is 3.77. The summed E-state index contributed by atoms with van der Waals surface area (Å²) in [6.07, 6.45) is 0.234. The summed E-state index contributed by atoms with van der Waals surface area (Å²) in [7, 11) is 0. The zero-order valence-electron chi connectivity index (χ0n) is 17.4. The summed E-state index contributed by atoms with van der Waals surface area (Å²) in [5.41, 5.74) is 7.34. The lowest BCUT2D eigenvalue weighted by molar-refractivity contribution is -0.121. The Labute approximate surface area is 174 Å². The zero-order chi connectivity index (χ0) is 20.7. The maximum atomic E-state index is 12.4. The highest BCUT2D eigenvalue weighted by Gasteiger charge is 2.34. The quantitative estimate of drug-likeness (QED) is 0.658. The Kier molecular flexibility index (Phi) is 5.13.